The summed E-state index contributed by atoms with van der Waals surface area (Å²) in [6, 6.07) is 5.55. The summed E-state index contributed by atoms with van der Waals surface area (Å²) < 4.78 is 46.2. The highest BCUT2D eigenvalue weighted by Gasteiger charge is 2.41. The fourth-order valence-electron chi connectivity index (χ4n) is 3.62. The third-order valence-corrected chi connectivity index (χ3v) is 5.08. The number of benzene rings is 1. The van der Waals surface area contributed by atoms with Gasteiger partial charge in [0.2, 0.25) is 5.91 Å². The Morgan fingerprint density at radius 3 is 2.31 bits per heavy atom. The molecule has 1 aliphatic heterocycles. The molecule has 2 heterocycles. The summed E-state index contributed by atoms with van der Waals surface area (Å²) in [5.74, 6) is -1.48. The average Bonchev–Trinajstić information content (AvgIpc) is 3.20. The molecule has 1 aromatic heterocycles. The molecule has 8 nitrogen and oxygen atoms in total. The Labute approximate surface area is 182 Å². The number of hydrogen-bond donors (Lipinski definition) is 1. The average molecular weight is 452 g/mol. The van der Waals surface area contributed by atoms with Gasteiger partial charge < -0.3 is 15.0 Å². The van der Waals surface area contributed by atoms with Gasteiger partial charge in [-0.2, -0.15) is 18.3 Å². The second kappa shape index (κ2) is 9.41. The lowest BCUT2D eigenvalue weighted by Crippen LogP contribution is -2.46. The summed E-state index contributed by atoms with van der Waals surface area (Å²) in [5, 5.41) is 6.55. The molecule has 0 bridgehead atoms. The molecule has 0 atom stereocenters. The van der Waals surface area contributed by atoms with E-state index in [0.29, 0.717) is 36.2 Å². The molecule has 172 valence electrons. The molecule has 1 saturated heterocycles. The van der Waals surface area contributed by atoms with E-state index in [0.717, 1.165) is 6.20 Å². The molecule has 0 radical (unpaired) electrons. The Morgan fingerprint density at radius 1 is 1.16 bits per heavy atom. The lowest BCUT2D eigenvalue weighted by Gasteiger charge is -2.32. The van der Waals surface area contributed by atoms with Gasteiger partial charge in [-0.25, -0.2) is 9.48 Å². The predicted octanol–water partition coefficient (Wildman–Crippen LogP) is 2.81. The Kier molecular flexibility index (Phi) is 6.85. The van der Waals surface area contributed by atoms with Crippen molar-refractivity contribution in [1.29, 1.82) is 0 Å². The maximum absolute atomic E-state index is 13.6. The minimum atomic E-state index is -4.84. The molecule has 0 saturated carbocycles. The van der Waals surface area contributed by atoms with Gasteiger partial charge in [-0.1, -0.05) is 0 Å². The van der Waals surface area contributed by atoms with E-state index in [1.54, 1.807) is 4.90 Å². The highest BCUT2D eigenvalue weighted by atomic mass is 19.4. The molecule has 0 unspecified atom stereocenters. The van der Waals surface area contributed by atoms with Crippen LogP contribution in [0, 0.1) is 0 Å². The molecule has 1 aromatic carbocycles. The van der Waals surface area contributed by atoms with Crippen LogP contribution < -0.4 is 5.32 Å². The number of piperidine rings is 1. The zero-order valence-electron chi connectivity index (χ0n) is 17.6. The van der Waals surface area contributed by atoms with E-state index in [-0.39, 0.29) is 30.2 Å². The van der Waals surface area contributed by atoms with E-state index in [4.69, 9.17) is 4.74 Å². The summed E-state index contributed by atoms with van der Waals surface area (Å²) in [4.78, 5) is 37.5. The molecular weight excluding hydrogens is 429 g/mol. The molecule has 0 spiro atoms. The van der Waals surface area contributed by atoms with Crippen molar-refractivity contribution < 1.29 is 32.3 Å². The number of nitrogens with zero attached hydrogens (tertiary/aromatic N) is 3. The number of alkyl halides is 3. The Hall–Kier alpha value is -3.37. The summed E-state index contributed by atoms with van der Waals surface area (Å²) >= 11 is 0. The van der Waals surface area contributed by atoms with Crippen LogP contribution in [0.25, 0.3) is 5.69 Å². The van der Waals surface area contributed by atoms with Gasteiger partial charge in [0.05, 0.1) is 18.5 Å². The number of carbonyl (C=O) groups is 3. The van der Waals surface area contributed by atoms with Crippen LogP contribution in [0.3, 0.4) is 0 Å². The van der Waals surface area contributed by atoms with Crippen LogP contribution in [0.5, 0.6) is 0 Å². The van der Waals surface area contributed by atoms with Gasteiger partial charge in [0.15, 0.2) is 5.69 Å². The summed E-state index contributed by atoms with van der Waals surface area (Å²) in [7, 11) is 0. The van der Waals surface area contributed by atoms with Crippen molar-refractivity contribution in [3.05, 3.63) is 47.3 Å². The zero-order valence-corrected chi connectivity index (χ0v) is 17.6. The van der Waals surface area contributed by atoms with Gasteiger partial charge in [-0.15, -0.1) is 0 Å². The molecule has 0 aliphatic carbocycles. The van der Waals surface area contributed by atoms with Crippen LogP contribution in [0.1, 0.15) is 53.1 Å². The number of carbonyl (C=O) groups excluding carboxylic acids is 3. The van der Waals surface area contributed by atoms with Crippen molar-refractivity contribution >= 4 is 17.8 Å². The first kappa shape index (κ1) is 23.3. The Bertz CT molecular complexity index is 993. The fraction of sp³-hybridized carbons (Fsp3) is 0.429. The van der Waals surface area contributed by atoms with E-state index in [2.05, 4.69) is 10.4 Å². The van der Waals surface area contributed by atoms with Crippen molar-refractivity contribution in [2.45, 2.75) is 38.9 Å². The van der Waals surface area contributed by atoms with E-state index >= 15 is 0 Å². The number of ether oxygens (including phenoxy) is 1. The van der Waals surface area contributed by atoms with Gasteiger partial charge >= 0.3 is 12.1 Å². The SMILES string of the molecule is CCOC(=O)c1cnn(-c2ccc(C(=O)N3CCC(NC(C)=O)CC3)cc2)c1C(F)(F)F. The van der Waals surface area contributed by atoms with Gasteiger partial charge in [0, 0.05) is 31.6 Å². The molecular formula is C21H23F3N4O4. The Morgan fingerprint density at radius 2 is 1.78 bits per heavy atom. The minimum absolute atomic E-state index is 0.0214. The number of nitrogens with one attached hydrogen (secondary N) is 1. The van der Waals surface area contributed by atoms with Crippen LogP contribution >= 0.6 is 0 Å². The van der Waals surface area contributed by atoms with Crippen molar-refractivity contribution in [2.75, 3.05) is 19.7 Å². The second-order valence-corrected chi connectivity index (χ2v) is 7.35. The zero-order chi connectivity index (χ0) is 23.5. The number of hydrogen-bond acceptors (Lipinski definition) is 5. The fourth-order valence-corrected chi connectivity index (χ4v) is 3.62. The van der Waals surface area contributed by atoms with E-state index in [1.807, 2.05) is 0 Å². The topological polar surface area (TPSA) is 93.5 Å². The molecule has 32 heavy (non-hydrogen) atoms. The summed E-state index contributed by atoms with van der Waals surface area (Å²) in [6.07, 6.45) is -2.77. The first-order valence-corrected chi connectivity index (χ1v) is 10.1. The van der Waals surface area contributed by atoms with Gasteiger partial charge in [0.1, 0.15) is 5.56 Å². The molecule has 1 N–H and O–H groups in total. The first-order valence-electron chi connectivity index (χ1n) is 10.1. The van der Waals surface area contributed by atoms with E-state index < -0.39 is 23.4 Å². The molecule has 1 aliphatic rings. The van der Waals surface area contributed by atoms with E-state index in [1.165, 1.54) is 38.1 Å². The number of rotatable bonds is 5. The monoisotopic (exact) mass is 452 g/mol. The smallest absolute Gasteiger partial charge is 0.434 e. The van der Waals surface area contributed by atoms with Crippen LogP contribution in [0.4, 0.5) is 13.2 Å². The van der Waals surface area contributed by atoms with Gasteiger partial charge in [0.25, 0.3) is 5.91 Å². The largest absolute Gasteiger partial charge is 0.462 e. The highest BCUT2D eigenvalue weighted by Crippen LogP contribution is 2.34. The Balaban J connectivity index is 1.78. The molecule has 2 aromatic rings. The molecule has 3 rings (SSSR count). The van der Waals surface area contributed by atoms with Crippen molar-refractivity contribution in [3.8, 4) is 5.69 Å². The van der Waals surface area contributed by atoms with Crippen molar-refractivity contribution in [2.24, 2.45) is 0 Å². The number of aromatic nitrogens is 2. The van der Waals surface area contributed by atoms with Crippen LogP contribution in [-0.2, 0) is 15.7 Å². The number of esters is 1. The maximum Gasteiger partial charge on any atom is 0.434 e. The maximum atomic E-state index is 13.6. The van der Waals surface area contributed by atoms with Gasteiger partial charge in [-0.05, 0) is 44.0 Å². The molecule has 11 heteroatoms. The normalized spacial score (nSPS) is 14.8. The van der Waals surface area contributed by atoms with Crippen LogP contribution in [-0.4, -0.2) is 58.2 Å². The third kappa shape index (κ3) is 5.09. The van der Waals surface area contributed by atoms with Crippen molar-refractivity contribution in [3.63, 3.8) is 0 Å². The predicted molar refractivity (Wildman–Crippen MR) is 107 cm³/mol. The number of likely N-dealkylation sites (tertiary alicyclic amines) is 1. The lowest BCUT2D eigenvalue weighted by atomic mass is 10.0. The van der Waals surface area contributed by atoms with Crippen LogP contribution in [0.15, 0.2) is 30.5 Å². The number of amides is 2. The second-order valence-electron chi connectivity index (χ2n) is 7.35. The third-order valence-electron chi connectivity index (χ3n) is 5.08. The molecule has 2 amide bonds. The number of halogens is 3. The molecule has 1 fully saturated rings. The van der Waals surface area contributed by atoms with E-state index in [9.17, 15) is 27.6 Å². The van der Waals surface area contributed by atoms with Gasteiger partial charge in [-0.3, -0.25) is 9.59 Å². The first-order chi connectivity index (χ1) is 15.1. The van der Waals surface area contributed by atoms with Crippen LogP contribution in [0.2, 0.25) is 0 Å². The summed E-state index contributed by atoms with van der Waals surface area (Å²) in [5.41, 5.74) is -1.55. The quantitative estimate of drug-likeness (QED) is 0.705. The highest BCUT2D eigenvalue weighted by molar-refractivity contribution is 5.94. The standard InChI is InChI=1S/C21H23F3N4O4/c1-3-32-20(31)17-12-25-28(18(17)21(22,23)24)16-6-4-14(5-7-16)19(30)27-10-8-15(9-11-27)26-13(2)29/h4-7,12,15H,3,8-11H2,1-2H3,(H,26,29). The minimum Gasteiger partial charge on any atom is -0.462 e. The lowest BCUT2D eigenvalue weighted by molar-refractivity contribution is -0.143. The van der Waals surface area contributed by atoms with Crippen molar-refractivity contribution in [1.82, 2.24) is 20.0 Å². The summed E-state index contributed by atoms with van der Waals surface area (Å²) in [6.45, 7) is 3.80.